The first-order chi connectivity index (χ1) is 9.61. The number of hydrogen-bond acceptors (Lipinski definition) is 3. The van der Waals surface area contributed by atoms with E-state index in [1.165, 1.54) is 24.3 Å². The third-order valence-electron chi connectivity index (χ3n) is 3.29. The van der Waals surface area contributed by atoms with Crippen LogP contribution in [0, 0.1) is 12.7 Å². The van der Waals surface area contributed by atoms with Crippen molar-refractivity contribution in [2.24, 2.45) is 0 Å². The van der Waals surface area contributed by atoms with Crippen LogP contribution in [0.5, 0.6) is 5.75 Å². The van der Waals surface area contributed by atoms with Gasteiger partial charge in [0.15, 0.2) is 0 Å². The van der Waals surface area contributed by atoms with Gasteiger partial charge in [0.05, 0.1) is 18.5 Å². The van der Waals surface area contributed by atoms with E-state index in [0.29, 0.717) is 23.7 Å². The molecule has 0 aliphatic carbocycles. The van der Waals surface area contributed by atoms with E-state index in [1.807, 2.05) is 12.1 Å². The van der Waals surface area contributed by atoms with Gasteiger partial charge >= 0.3 is 0 Å². The number of ether oxygens (including phenoxy) is 1. The molecule has 0 unspecified atom stereocenters. The molecule has 0 radical (unpaired) electrons. The zero-order valence-electron chi connectivity index (χ0n) is 11.7. The summed E-state index contributed by atoms with van der Waals surface area (Å²) in [5.74, 6) is 0.109. The number of rotatable bonds is 5. The second-order valence-electron chi connectivity index (χ2n) is 4.68. The van der Waals surface area contributed by atoms with Crippen LogP contribution in [0.3, 0.4) is 0 Å². The Morgan fingerprint density at radius 2 is 2.00 bits per heavy atom. The fourth-order valence-corrected chi connectivity index (χ4v) is 2.10. The van der Waals surface area contributed by atoms with Gasteiger partial charge in [-0.25, -0.2) is 4.39 Å². The molecule has 2 rings (SSSR count). The molecule has 0 aliphatic heterocycles. The number of anilines is 2. The summed E-state index contributed by atoms with van der Waals surface area (Å²) in [6.45, 7) is 2.72. The van der Waals surface area contributed by atoms with Crippen molar-refractivity contribution in [2.45, 2.75) is 13.3 Å². The van der Waals surface area contributed by atoms with E-state index >= 15 is 0 Å². The van der Waals surface area contributed by atoms with Crippen molar-refractivity contribution in [1.82, 2.24) is 0 Å². The Morgan fingerprint density at radius 3 is 2.70 bits per heavy atom. The second kappa shape index (κ2) is 6.28. The molecule has 2 aromatic rings. The molecule has 0 saturated carbocycles. The average Bonchev–Trinajstić information content (AvgIpc) is 2.43. The summed E-state index contributed by atoms with van der Waals surface area (Å²) in [5.41, 5.74) is 8.85. The lowest BCUT2D eigenvalue weighted by Gasteiger charge is -2.12. The first-order valence-corrected chi connectivity index (χ1v) is 6.53. The molecule has 3 nitrogen and oxygen atoms in total. The number of halogens is 1. The number of benzene rings is 2. The van der Waals surface area contributed by atoms with Crippen molar-refractivity contribution < 1.29 is 9.13 Å². The molecule has 0 amide bonds. The van der Waals surface area contributed by atoms with Gasteiger partial charge in [-0.05, 0) is 24.5 Å². The van der Waals surface area contributed by atoms with E-state index in [0.717, 1.165) is 6.42 Å². The highest BCUT2D eigenvalue weighted by Gasteiger charge is 2.08. The monoisotopic (exact) mass is 274 g/mol. The SMILES string of the molecule is COc1cc(NCCc2ccccc2C)c(F)cc1N. The smallest absolute Gasteiger partial charge is 0.148 e. The fourth-order valence-electron chi connectivity index (χ4n) is 2.10. The Kier molecular flexibility index (Phi) is 4.45. The summed E-state index contributed by atoms with van der Waals surface area (Å²) in [4.78, 5) is 0. The van der Waals surface area contributed by atoms with Crippen molar-refractivity contribution in [1.29, 1.82) is 0 Å². The van der Waals surface area contributed by atoms with Gasteiger partial charge in [-0.15, -0.1) is 0 Å². The fraction of sp³-hybridized carbons (Fsp3) is 0.250. The van der Waals surface area contributed by atoms with Crippen LogP contribution < -0.4 is 15.8 Å². The Hall–Kier alpha value is -2.23. The highest BCUT2D eigenvalue weighted by molar-refractivity contribution is 5.62. The molecule has 0 bridgehead atoms. The molecule has 0 atom stereocenters. The van der Waals surface area contributed by atoms with Crippen LogP contribution in [0.1, 0.15) is 11.1 Å². The quantitative estimate of drug-likeness (QED) is 0.822. The summed E-state index contributed by atoms with van der Waals surface area (Å²) in [6, 6.07) is 11.0. The molecule has 4 heteroatoms. The third-order valence-corrected chi connectivity index (χ3v) is 3.29. The first-order valence-electron chi connectivity index (χ1n) is 6.53. The molecule has 0 fully saturated rings. The molecule has 0 saturated heterocycles. The predicted molar refractivity (Wildman–Crippen MR) is 80.7 cm³/mol. The van der Waals surface area contributed by atoms with Gasteiger partial charge in [-0.2, -0.15) is 0 Å². The Labute approximate surface area is 118 Å². The molecule has 0 aliphatic rings. The normalized spacial score (nSPS) is 10.3. The average molecular weight is 274 g/mol. The van der Waals surface area contributed by atoms with E-state index in [2.05, 4.69) is 24.4 Å². The van der Waals surface area contributed by atoms with Crippen LogP contribution in [0.15, 0.2) is 36.4 Å². The van der Waals surface area contributed by atoms with Crippen molar-refractivity contribution in [2.75, 3.05) is 24.7 Å². The Balaban J connectivity index is 2.03. The zero-order valence-corrected chi connectivity index (χ0v) is 11.7. The van der Waals surface area contributed by atoms with Crippen LogP contribution in [0.2, 0.25) is 0 Å². The lowest BCUT2D eigenvalue weighted by molar-refractivity contribution is 0.416. The molecule has 0 heterocycles. The number of nitrogen functional groups attached to an aromatic ring is 1. The summed E-state index contributed by atoms with van der Waals surface area (Å²) >= 11 is 0. The molecule has 0 aromatic heterocycles. The minimum atomic E-state index is -0.368. The van der Waals surface area contributed by atoms with Gasteiger partial charge < -0.3 is 15.8 Å². The highest BCUT2D eigenvalue weighted by atomic mass is 19.1. The number of nitrogens with one attached hydrogen (secondary N) is 1. The number of hydrogen-bond donors (Lipinski definition) is 2. The first kappa shape index (κ1) is 14.2. The van der Waals surface area contributed by atoms with Gasteiger partial charge in [0.1, 0.15) is 11.6 Å². The van der Waals surface area contributed by atoms with Crippen LogP contribution >= 0.6 is 0 Å². The highest BCUT2D eigenvalue weighted by Crippen LogP contribution is 2.28. The van der Waals surface area contributed by atoms with Crippen molar-refractivity contribution in [3.8, 4) is 5.75 Å². The van der Waals surface area contributed by atoms with E-state index in [1.54, 1.807) is 6.07 Å². The summed E-state index contributed by atoms with van der Waals surface area (Å²) < 4.78 is 18.9. The summed E-state index contributed by atoms with van der Waals surface area (Å²) in [6.07, 6.45) is 0.832. The minimum absolute atomic E-state index is 0.300. The third kappa shape index (κ3) is 3.20. The molecule has 2 aromatic carbocycles. The largest absolute Gasteiger partial charge is 0.495 e. The standard InChI is InChI=1S/C16H19FN2O/c1-11-5-3-4-6-12(11)7-8-19-15-10-16(20-2)14(18)9-13(15)17/h3-6,9-10,19H,7-8,18H2,1-2H3. The second-order valence-corrected chi connectivity index (χ2v) is 4.68. The van der Waals surface area contributed by atoms with Crippen molar-refractivity contribution in [3.05, 3.63) is 53.3 Å². The van der Waals surface area contributed by atoms with Crippen LogP contribution in [0.4, 0.5) is 15.8 Å². The maximum absolute atomic E-state index is 13.8. The summed E-state index contributed by atoms with van der Waals surface area (Å²) in [5, 5.41) is 3.08. The van der Waals surface area contributed by atoms with E-state index in [-0.39, 0.29) is 5.82 Å². The number of aryl methyl sites for hydroxylation is 1. The predicted octanol–water partition coefficient (Wildman–Crippen LogP) is 3.38. The molecule has 106 valence electrons. The van der Waals surface area contributed by atoms with Gasteiger partial charge in [-0.1, -0.05) is 24.3 Å². The van der Waals surface area contributed by atoms with Gasteiger partial charge in [0.25, 0.3) is 0 Å². The molecular weight excluding hydrogens is 255 g/mol. The minimum Gasteiger partial charge on any atom is -0.495 e. The summed E-state index contributed by atoms with van der Waals surface area (Å²) in [7, 11) is 1.51. The molecule has 3 N–H and O–H groups in total. The van der Waals surface area contributed by atoms with Crippen LogP contribution in [-0.4, -0.2) is 13.7 Å². The lowest BCUT2D eigenvalue weighted by Crippen LogP contribution is -2.08. The van der Waals surface area contributed by atoms with Gasteiger partial charge in [-0.3, -0.25) is 0 Å². The molecule has 20 heavy (non-hydrogen) atoms. The Bertz CT molecular complexity index is 599. The van der Waals surface area contributed by atoms with Crippen molar-refractivity contribution in [3.63, 3.8) is 0 Å². The van der Waals surface area contributed by atoms with Crippen molar-refractivity contribution >= 4 is 11.4 Å². The number of methoxy groups -OCH3 is 1. The van der Waals surface area contributed by atoms with Gasteiger partial charge in [0.2, 0.25) is 0 Å². The van der Waals surface area contributed by atoms with Crippen LogP contribution in [0.25, 0.3) is 0 Å². The van der Waals surface area contributed by atoms with Gasteiger partial charge in [0, 0.05) is 18.7 Å². The lowest BCUT2D eigenvalue weighted by atomic mass is 10.1. The number of nitrogens with two attached hydrogens (primary N) is 1. The molecule has 0 spiro atoms. The maximum atomic E-state index is 13.8. The Morgan fingerprint density at radius 1 is 1.25 bits per heavy atom. The van der Waals surface area contributed by atoms with Crippen LogP contribution in [-0.2, 0) is 6.42 Å². The topological polar surface area (TPSA) is 47.3 Å². The van der Waals surface area contributed by atoms with E-state index in [9.17, 15) is 4.39 Å². The zero-order chi connectivity index (χ0) is 14.5. The maximum Gasteiger partial charge on any atom is 0.148 e. The molecular formula is C16H19FN2O. The van der Waals surface area contributed by atoms with E-state index in [4.69, 9.17) is 10.5 Å². The van der Waals surface area contributed by atoms with E-state index < -0.39 is 0 Å².